The van der Waals surface area contributed by atoms with Crippen LogP contribution in [0.4, 0.5) is 0 Å². The van der Waals surface area contributed by atoms with Crippen LogP contribution in [0, 0.1) is 12.3 Å². The minimum absolute atomic E-state index is 0.0202. The Hall–Kier alpha value is -1.02. The Morgan fingerprint density at radius 3 is 2.25 bits per heavy atom. The molecule has 2 unspecified atom stereocenters. The molecule has 20 heavy (non-hydrogen) atoms. The molecule has 1 aromatic carbocycles. The lowest BCUT2D eigenvalue weighted by atomic mass is 9.83. The van der Waals surface area contributed by atoms with Crippen molar-refractivity contribution in [2.24, 2.45) is 11.1 Å². The van der Waals surface area contributed by atoms with Crippen LogP contribution < -0.4 is 10.5 Å². The van der Waals surface area contributed by atoms with Gasteiger partial charge < -0.3 is 10.5 Å². The number of nitrogens with two attached hydrogens (primary N) is 1. The Morgan fingerprint density at radius 2 is 1.80 bits per heavy atom. The van der Waals surface area contributed by atoms with Gasteiger partial charge in [0.1, 0.15) is 11.9 Å². The first-order valence-electron chi connectivity index (χ1n) is 7.69. The molecule has 0 radical (unpaired) electrons. The second-order valence-electron chi connectivity index (χ2n) is 7.17. The average Bonchev–Trinajstić information content (AvgIpc) is 2.33. The van der Waals surface area contributed by atoms with E-state index < -0.39 is 0 Å². The molecule has 0 aliphatic rings. The Labute approximate surface area is 124 Å². The third kappa shape index (κ3) is 4.24. The molecule has 0 aliphatic heterocycles. The van der Waals surface area contributed by atoms with E-state index in [4.69, 9.17) is 10.5 Å². The van der Waals surface area contributed by atoms with Crippen molar-refractivity contribution in [2.75, 3.05) is 0 Å². The SMILES string of the molecule is CCC(N)C(Oc1cc(C)ccc1C(C)C)C(C)(C)C. The first-order chi connectivity index (χ1) is 9.16. The first kappa shape index (κ1) is 17.0. The summed E-state index contributed by atoms with van der Waals surface area (Å²) in [4.78, 5) is 0. The summed E-state index contributed by atoms with van der Waals surface area (Å²) in [6, 6.07) is 6.51. The maximum atomic E-state index is 6.38. The van der Waals surface area contributed by atoms with Crippen LogP contribution >= 0.6 is 0 Å². The van der Waals surface area contributed by atoms with Crippen LogP contribution in [0.5, 0.6) is 5.75 Å². The highest BCUT2D eigenvalue weighted by atomic mass is 16.5. The summed E-state index contributed by atoms with van der Waals surface area (Å²) < 4.78 is 6.38. The van der Waals surface area contributed by atoms with Gasteiger partial charge in [0.25, 0.3) is 0 Å². The fourth-order valence-electron chi connectivity index (χ4n) is 2.48. The van der Waals surface area contributed by atoms with E-state index in [1.807, 2.05) is 0 Å². The summed E-state index contributed by atoms with van der Waals surface area (Å²) in [6.45, 7) is 15.2. The summed E-state index contributed by atoms with van der Waals surface area (Å²) in [5, 5.41) is 0. The minimum Gasteiger partial charge on any atom is -0.488 e. The monoisotopic (exact) mass is 277 g/mol. The van der Waals surface area contributed by atoms with Crippen LogP contribution in [-0.2, 0) is 0 Å². The second kappa shape index (κ2) is 6.62. The predicted octanol–water partition coefficient (Wildman–Crippen LogP) is 4.65. The largest absolute Gasteiger partial charge is 0.488 e. The summed E-state index contributed by atoms with van der Waals surface area (Å²) >= 11 is 0. The Kier molecular flexibility index (Phi) is 5.64. The first-order valence-corrected chi connectivity index (χ1v) is 7.69. The average molecular weight is 277 g/mol. The van der Waals surface area contributed by atoms with Gasteiger partial charge >= 0.3 is 0 Å². The highest BCUT2D eigenvalue weighted by Crippen LogP contribution is 2.33. The van der Waals surface area contributed by atoms with E-state index >= 15 is 0 Å². The zero-order valence-corrected chi connectivity index (χ0v) is 14.2. The molecule has 0 aliphatic carbocycles. The molecule has 2 heteroatoms. The number of ether oxygens (including phenoxy) is 1. The van der Waals surface area contributed by atoms with Gasteiger partial charge in [-0.15, -0.1) is 0 Å². The number of aryl methyl sites for hydroxylation is 1. The molecule has 0 amide bonds. The van der Waals surface area contributed by atoms with Crippen LogP contribution in [0.15, 0.2) is 18.2 Å². The second-order valence-corrected chi connectivity index (χ2v) is 7.17. The molecule has 2 atom stereocenters. The Balaban J connectivity index is 3.13. The maximum Gasteiger partial charge on any atom is 0.123 e. The molecule has 0 bridgehead atoms. The van der Waals surface area contributed by atoms with Gasteiger partial charge in [-0.1, -0.05) is 53.7 Å². The van der Waals surface area contributed by atoms with Gasteiger partial charge in [-0.2, -0.15) is 0 Å². The zero-order chi connectivity index (χ0) is 15.5. The fourth-order valence-corrected chi connectivity index (χ4v) is 2.48. The van der Waals surface area contributed by atoms with E-state index in [2.05, 4.69) is 66.7 Å². The summed E-state index contributed by atoms with van der Waals surface area (Å²) in [7, 11) is 0. The van der Waals surface area contributed by atoms with Crippen LogP contribution in [0.2, 0.25) is 0 Å². The third-order valence-electron chi connectivity index (χ3n) is 3.76. The van der Waals surface area contributed by atoms with Crippen molar-refractivity contribution in [3.05, 3.63) is 29.3 Å². The third-order valence-corrected chi connectivity index (χ3v) is 3.76. The Morgan fingerprint density at radius 1 is 1.20 bits per heavy atom. The molecule has 0 saturated heterocycles. The standard InChI is InChI=1S/C18H31NO/c1-8-15(19)17(18(5,6)7)20-16-11-13(4)9-10-14(16)12(2)3/h9-12,15,17H,8,19H2,1-7H3. The van der Waals surface area contributed by atoms with Crippen molar-refractivity contribution in [3.63, 3.8) is 0 Å². The molecule has 2 N–H and O–H groups in total. The number of hydrogen-bond donors (Lipinski definition) is 1. The van der Waals surface area contributed by atoms with E-state index in [-0.39, 0.29) is 17.6 Å². The lowest BCUT2D eigenvalue weighted by Gasteiger charge is -2.36. The van der Waals surface area contributed by atoms with Crippen LogP contribution in [-0.4, -0.2) is 12.1 Å². The molecular formula is C18H31NO. The zero-order valence-electron chi connectivity index (χ0n) is 14.2. The molecule has 0 spiro atoms. The van der Waals surface area contributed by atoms with Crippen LogP contribution in [0.1, 0.15) is 65.0 Å². The molecule has 2 nitrogen and oxygen atoms in total. The summed E-state index contributed by atoms with van der Waals surface area (Å²) in [5.74, 6) is 1.44. The van der Waals surface area contributed by atoms with Gasteiger partial charge in [0.05, 0.1) is 0 Å². The van der Waals surface area contributed by atoms with Crippen molar-refractivity contribution in [3.8, 4) is 5.75 Å². The van der Waals surface area contributed by atoms with Gasteiger partial charge in [0.15, 0.2) is 0 Å². The van der Waals surface area contributed by atoms with Crippen molar-refractivity contribution < 1.29 is 4.74 Å². The van der Waals surface area contributed by atoms with Gasteiger partial charge in [0, 0.05) is 11.5 Å². The minimum atomic E-state index is 0.0202. The van der Waals surface area contributed by atoms with Crippen molar-refractivity contribution in [1.29, 1.82) is 0 Å². The van der Waals surface area contributed by atoms with Gasteiger partial charge in [-0.05, 0) is 36.5 Å². The molecule has 114 valence electrons. The molecule has 0 heterocycles. The van der Waals surface area contributed by atoms with Gasteiger partial charge in [-0.3, -0.25) is 0 Å². The lowest BCUT2D eigenvalue weighted by molar-refractivity contribution is 0.0610. The summed E-state index contributed by atoms with van der Waals surface area (Å²) in [5.41, 5.74) is 8.79. The van der Waals surface area contributed by atoms with E-state index in [0.717, 1.165) is 12.2 Å². The molecule has 0 saturated carbocycles. The van der Waals surface area contributed by atoms with E-state index in [1.54, 1.807) is 0 Å². The highest BCUT2D eigenvalue weighted by Gasteiger charge is 2.32. The summed E-state index contributed by atoms with van der Waals surface area (Å²) in [6.07, 6.45) is 0.942. The van der Waals surface area contributed by atoms with Crippen LogP contribution in [0.25, 0.3) is 0 Å². The quantitative estimate of drug-likeness (QED) is 0.850. The molecule has 0 aromatic heterocycles. The number of benzene rings is 1. The van der Waals surface area contributed by atoms with Gasteiger partial charge in [-0.25, -0.2) is 0 Å². The molecular weight excluding hydrogens is 246 g/mol. The van der Waals surface area contributed by atoms with Crippen molar-refractivity contribution in [2.45, 2.75) is 73.0 Å². The predicted molar refractivity (Wildman–Crippen MR) is 87.4 cm³/mol. The van der Waals surface area contributed by atoms with Crippen LogP contribution in [0.3, 0.4) is 0 Å². The van der Waals surface area contributed by atoms with Gasteiger partial charge in [0.2, 0.25) is 0 Å². The van der Waals surface area contributed by atoms with Crippen molar-refractivity contribution in [1.82, 2.24) is 0 Å². The topological polar surface area (TPSA) is 35.2 Å². The molecule has 1 rings (SSSR count). The lowest BCUT2D eigenvalue weighted by Crippen LogP contribution is -2.47. The maximum absolute atomic E-state index is 6.38. The normalized spacial score (nSPS) is 15.2. The van der Waals surface area contributed by atoms with E-state index in [9.17, 15) is 0 Å². The molecule has 1 aromatic rings. The Bertz CT molecular complexity index is 432. The number of rotatable bonds is 5. The van der Waals surface area contributed by atoms with E-state index in [0.29, 0.717) is 5.92 Å². The number of hydrogen-bond acceptors (Lipinski definition) is 2. The van der Waals surface area contributed by atoms with Crippen molar-refractivity contribution >= 4 is 0 Å². The smallest absolute Gasteiger partial charge is 0.123 e. The van der Waals surface area contributed by atoms with E-state index in [1.165, 1.54) is 11.1 Å². The fraction of sp³-hybridized carbons (Fsp3) is 0.667. The molecule has 0 fully saturated rings. The highest BCUT2D eigenvalue weighted by molar-refractivity contribution is 5.39.